The van der Waals surface area contributed by atoms with E-state index < -0.39 is 0 Å². The van der Waals surface area contributed by atoms with Crippen LogP contribution in [0.4, 0.5) is 10.5 Å². The van der Waals surface area contributed by atoms with Gasteiger partial charge in [-0.1, -0.05) is 24.3 Å². The molecule has 6 nitrogen and oxygen atoms in total. The van der Waals surface area contributed by atoms with E-state index in [1.54, 1.807) is 11.0 Å². The van der Waals surface area contributed by atoms with E-state index in [0.29, 0.717) is 18.0 Å². The zero-order chi connectivity index (χ0) is 19.5. The highest BCUT2D eigenvalue weighted by atomic mass is 32.2. The summed E-state index contributed by atoms with van der Waals surface area (Å²) in [6.07, 6.45) is 1.71. The highest BCUT2D eigenvalue weighted by Gasteiger charge is 2.37. The Balaban J connectivity index is 1.35. The highest BCUT2D eigenvalue weighted by molar-refractivity contribution is 8.18. The van der Waals surface area contributed by atoms with Gasteiger partial charge in [-0.3, -0.25) is 19.3 Å². The summed E-state index contributed by atoms with van der Waals surface area (Å²) in [5.74, 6) is -0.577. The molecule has 0 aliphatic carbocycles. The number of carbonyl (C=O) groups excluding carboxylic acids is 3. The minimum atomic E-state index is -0.389. The van der Waals surface area contributed by atoms with Crippen LogP contribution in [0.5, 0.6) is 0 Å². The molecule has 4 rings (SSSR count). The second-order valence-corrected chi connectivity index (χ2v) is 8.46. The van der Waals surface area contributed by atoms with Crippen LogP contribution in [0.25, 0.3) is 6.08 Å². The number of amides is 3. The number of imide groups is 1. The molecule has 2 aliphatic heterocycles. The van der Waals surface area contributed by atoms with Crippen LogP contribution in [0.3, 0.4) is 0 Å². The van der Waals surface area contributed by atoms with E-state index in [9.17, 15) is 14.4 Å². The molecule has 2 fully saturated rings. The first-order valence-corrected chi connectivity index (χ1v) is 10.7. The fourth-order valence-electron chi connectivity index (χ4n) is 3.23. The van der Waals surface area contributed by atoms with E-state index in [1.807, 2.05) is 35.7 Å². The second kappa shape index (κ2) is 8.20. The lowest BCUT2D eigenvalue weighted by molar-refractivity contribution is -0.136. The van der Waals surface area contributed by atoms with Crippen molar-refractivity contribution in [3.63, 3.8) is 0 Å². The van der Waals surface area contributed by atoms with Gasteiger partial charge in [-0.2, -0.15) is 0 Å². The lowest BCUT2D eigenvalue weighted by Crippen LogP contribution is -2.51. The number of hydrogen-bond donors (Lipinski definition) is 0. The van der Waals surface area contributed by atoms with E-state index >= 15 is 0 Å². The third kappa shape index (κ3) is 3.98. The lowest BCUT2D eigenvalue weighted by Gasteiger charge is -2.36. The zero-order valence-corrected chi connectivity index (χ0v) is 16.7. The molecule has 0 N–H and O–H groups in total. The summed E-state index contributed by atoms with van der Waals surface area (Å²) < 4.78 is 0. The number of thioether (sulfide) groups is 1. The Hall–Kier alpha value is -2.58. The predicted octanol–water partition coefficient (Wildman–Crippen LogP) is 3.13. The van der Waals surface area contributed by atoms with Crippen molar-refractivity contribution in [2.45, 2.75) is 0 Å². The smallest absolute Gasteiger partial charge is 0.294 e. The van der Waals surface area contributed by atoms with Crippen molar-refractivity contribution in [2.75, 3.05) is 37.6 Å². The Morgan fingerprint density at radius 2 is 1.75 bits per heavy atom. The van der Waals surface area contributed by atoms with Gasteiger partial charge in [-0.05, 0) is 41.4 Å². The fourth-order valence-corrected chi connectivity index (χ4v) is 4.79. The van der Waals surface area contributed by atoms with Gasteiger partial charge in [0.05, 0.1) is 4.91 Å². The average molecular weight is 414 g/mol. The van der Waals surface area contributed by atoms with Crippen molar-refractivity contribution in [3.8, 4) is 0 Å². The highest BCUT2D eigenvalue weighted by Crippen LogP contribution is 2.32. The van der Waals surface area contributed by atoms with Gasteiger partial charge < -0.3 is 9.80 Å². The number of rotatable bonds is 4. The van der Waals surface area contributed by atoms with E-state index in [2.05, 4.69) is 17.0 Å². The van der Waals surface area contributed by atoms with Gasteiger partial charge in [0.2, 0.25) is 5.91 Å². The Morgan fingerprint density at radius 3 is 2.43 bits per heavy atom. The van der Waals surface area contributed by atoms with Crippen LogP contribution < -0.4 is 4.90 Å². The molecule has 144 valence electrons. The Bertz CT molecular complexity index is 904. The molecule has 1 aromatic heterocycles. The van der Waals surface area contributed by atoms with Crippen molar-refractivity contribution >= 4 is 51.9 Å². The number of benzene rings is 1. The summed E-state index contributed by atoms with van der Waals surface area (Å²) >= 11 is 2.39. The van der Waals surface area contributed by atoms with Crippen molar-refractivity contribution in [1.82, 2.24) is 9.80 Å². The SMILES string of the molecule is O=C(CN1C(=O)S/C(=C/c2cccs2)C1=O)N1CCN(c2ccccc2)CC1. The first kappa shape index (κ1) is 18.8. The second-order valence-electron chi connectivity index (χ2n) is 6.49. The Labute approximate surface area is 171 Å². The van der Waals surface area contributed by atoms with Crippen molar-refractivity contribution in [2.24, 2.45) is 0 Å². The van der Waals surface area contributed by atoms with Gasteiger partial charge in [0.25, 0.3) is 11.1 Å². The molecular weight excluding hydrogens is 394 g/mol. The number of nitrogens with zero attached hydrogens (tertiary/aromatic N) is 3. The maximum Gasteiger partial charge on any atom is 0.294 e. The van der Waals surface area contributed by atoms with Crippen molar-refractivity contribution in [1.29, 1.82) is 0 Å². The quantitative estimate of drug-likeness (QED) is 0.721. The van der Waals surface area contributed by atoms with Crippen LogP contribution in [0.2, 0.25) is 0 Å². The summed E-state index contributed by atoms with van der Waals surface area (Å²) in [5.41, 5.74) is 1.14. The molecule has 3 amide bonds. The van der Waals surface area contributed by atoms with Crippen LogP contribution in [-0.2, 0) is 9.59 Å². The van der Waals surface area contributed by atoms with Crippen LogP contribution in [0.1, 0.15) is 4.88 Å². The molecule has 0 saturated carbocycles. The topological polar surface area (TPSA) is 60.9 Å². The van der Waals surface area contributed by atoms with Gasteiger partial charge >= 0.3 is 0 Å². The largest absolute Gasteiger partial charge is 0.368 e. The molecule has 8 heteroatoms. The summed E-state index contributed by atoms with van der Waals surface area (Å²) in [5, 5.41) is 1.53. The lowest BCUT2D eigenvalue weighted by atomic mass is 10.2. The van der Waals surface area contributed by atoms with Gasteiger partial charge in [-0.15, -0.1) is 11.3 Å². The Kier molecular flexibility index (Phi) is 5.50. The van der Waals surface area contributed by atoms with Crippen molar-refractivity contribution in [3.05, 3.63) is 57.6 Å². The first-order chi connectivity index (χ1) is 13.6. The number of para-hydroxylation sites is 1. The fraction of sp³-hybridized carbons (Fsp3) is 0.250. The average Bonchev–Trinajstić information content (AvgIpc) is 3.33. The maximum absolute atomic E-state index is 12.6. The summed E-state index contributed by atoms with van der Waals surface area (Å²) in [6, 6.07) is 13.9. The standard InChI is InChI=1S/C20H19N3O3S2/c24-18(22-10-8-21(9-11-22)15-5-2-1-3-6-15)14-23-19(25)17(28-20(23)26)13-16-7-4-12-27-16/h1-7,12-13H,8-11,14H2/b17-13+. The molecule has 28 heavy (non-hydrogen) atoms. The van der Waals surface area contributed by atoms with Gasteiger partial charge in [0, 0.05) is 36.7 Å². The summed E-state index contributed by atoms with van der Waals surface area (Å²) in [7, 11) is 0. The third-order valence-electron chi connectivity index (χ3n) is 4.74. The Morgan fingerprint density at radius 1 is 1.00 bits per heavy atom. The molecule has 0 radical (unpaired) electrons. The van der Waals surface area contributed by atoms with Gasteiger partial charge in [0.15, 0.2) is 0 Å². The number of anilines is 1. The number of hydrogen-bond acceptors (Lipinski definition) is 6. The molecule has 2 saturated heterocycles. The molecule has 0 unspecified atom stereocenters. The van der Waals surface area contributed by atoms with Gasteiger partial charge in [-0.25, -0.2) is 0 Å². The van der Waals surface area contributed by atoms with E-state index in [0.717, 1.165) is 40.3 Å². The molecule has 3 heterocycles. The monoisotopic (exact) mass is 413 g/mol. The van der Waals surface area contributed by atoms with Crippen molar-refractivity contribution < 1.29 is 14.4 Å². The maximum atomic E-state index is 12.6. The molecule has 1 aromatic carbocycles. The molecule has 2 aliphatic rings. The van der Waals surface area contributed by atoms with Crippen LogP contribution >= 0.6 is 23.1 Å². The molecule has 2 aromatic rings. The minimum absolute atomic E-state index is 0.188. The summed E-state index contributed by atoms with van der Waals surface area (Å²) in [4.78, 5) is 43.7. The molecule has 0 spiro atoms. The zero-order valence-electron chi connectivity index (χ0n) is 15.1. The first-order valence-electron chi connectivity index (χ1n) is 8.98. The number of thiophene rings is 1. The third-order valence-corrected chi connectivity index (χ3v) is 6.46. The molecular formula is C20H19N3O3S2. The normalized spacial score (nSPS) is 19.0. The van der Waals surface area contributed by atoms with E-state index in [-0.39, 0.29) is 23.6 Å². The number of piperazine rings is 1. The minimum Gasteiger partial charge on any atom is -0.368 e. The van der Waals surface area contributed by atoms with E-state index in [4.69, 9.17) is 0 Å². The van der Waals surface area contributed by atoms with E-state index in [1.165, 1.54) is 11.3 Å². The number of carbonyl (C=O) groups is 3. The summed E-state index contributed by atoms with van der Waals surface area (Å²) in [6.45, 7) is 2.42. The molecule has 0 bridgehead atoms. The molecule has 0 atom stereocenters. The van der Waals surface area contributed by atoms with Crippen LogP contribution in [0.15, 0.2) is 52.7 Å². The van der Waals surface area contributed by atoms with Gasteiger partial charge in [0.1, 0.15) is 6.54 Å². The van der Waals surface area contributed by atoms with Crippen LogP contribution in [0, 0.1) is 0 Å². The predicted molar refractivity (Wildman–Crippen MR) is 112 cm³/mol. The van der Waals surface area contributed by atoms with Crippen LogP contribution in [-0.4, -0.2) is 59.6 Å².